The van der Waals surface area contributed by atoms with Crippen LogP contribution in [0.1, 0.15) is 0 Å². The summed E-state index contributed by atoms with van der Waals surface area (Å²) in [5.74, 6) is -1.23. The quantitative estimate of drug-likeness (QED) is 0.257. The van der Waals surface area contributed by atoms with Gasteiger partial charge in [0.2, 0.25) is 5.91 Å². The molecule has 2 fully saturated rings. The third-order valence-corrected chi connectivity index (χ3v) is 9.04. The van der Waals surface area contributed by atoms with Crippen molar-refractivity contribution in [2.45, 2.75) is 17.7 Å². The number of rotatable bonds is 9. The molecule has 188 valence electrons. The Balaban J connectivity index is 1.56. The second-order valence-electron chi connectivity index (χ2n) is 7.36. The summed E-state index contributed by atoms with van der Waals surface area (Å²) in [7, 11) is -4.73. The monoisotopic (exact) mass is 587 g/mol. The first-order valence-electron chi connectivity index (χ1n) is 9.92. The fourth-order valence-electron chi connectivity index (χ4n) is 3.46. The van der Waals surface area contributed by atoms with Gasteiger partial charge in [-0.1, -0.05) is 0 Å². The fourth-order valence-corrected chi connectivity index (χ4v) is 5.82. The van der Waals surface area contributed by atoms with E-state index in [0.29, 0.717) is 0 Å². The van der Waals surface area contributed by atoms with Gasteiger partial charge in [-0.2, -0.15) is 8.42 Å². The summed E-state index contributed by atoms with van der Waals surface area (Å²) in [5, 5.41) is 0.268. The van der Waals surface area contributed by atoms with Gasteiger partial charge in [-0.05, 0) is 0 Å². The predicted molar refractivity (Wildman–Crippen MR) is 121 cm³/mol. The van der Waals surface area contributed by atoms with Crippen molar-refractivity contribution in [3.05, 3.63) is 24.0 Å². The topological polar surface area (TPSA) is 117 Å². The van der Waals surface area contributed by atoms with Crippen LogP contribution < -0.4 is 9.80 Å². The minimum absolute atomic E-state index is 0.111. The number of amides is 2. The molecule has 1 unspecified atom stereocenters. The van der Waals surface area contributed by atoms with E-state index >= 15 is 0 Å². The van der Waals surface area contributed by atoms with Crippen LogP contribution in [0.2, 0.25) is 5.21 Å². The number of thiocarbonyl (C=S) groups is 1. The Labute approximate surface area is 205 Å². The van der Waals surface area contributed by atoms with Gasteiger partial charge in [-0.15, -0.1) is 0 Å². The number of hydrogen-bond donors (Lipinski definition) is 1. The minimum atomic E-state index is -4.73. The molecule has 0 saturated carbocycles. The average Bonchev–Trinajstić information content (AvgIpc) is 3.15. The van der Waals surface area contributed by atoms with Gasteiger partial charge in [-0.25, -0.2) is 4.18 Å². The van der Waals surface area contributed by atoms with Gasteiger partial charge in [0.1, 0.15) is 6.61 Å². The van der Waals surface area contributed by atoms with Crippen molar-refractivity contribution in [3.8, 4) is 0 Å². The number of carbonyl (C=O) groups excluding carboxylic acids is 2. The van der Waals surface area contributed by atoms with Gasteiger partial charge < -0.3 is 0 Å². The number of ether oxygens (including phenoxy) is 1. The van der Waals surface area contributed by atoms with Crippen molar-refractivity contribution in [2.24, 2.45) is 0 Å². The van der Waals surface area contributed by atoms with E-state index in [4.69, 9.17) is 9.29 Å². The Morgan fingerprint density at radius 2 is 1.97 bits per heavy atom. The summed E-state index contributed by atoms with van der Waals surface area (Å²) in [5.41, 5.74) is 0.518. The van der Waals surface area contributed by atoms with Gasteiger partial charge in [0.15, 0.2) is 0 Å². The van der Waals surface area contributed by atoms with E-state index in [2.05, 4.69) is 16.4 Å². The van der Waals surface area contributed by atoms with Gasteiger partial charge in [-0.3, -0.25) is 9.35 Å². The molecule has 0 bridgehead atoms. The molecule has 2 aliphatic rings. The van der Waals surface area contributed by atoms with Crippen LogP contribution in [0.3, 0.4) is 0 Å². The van der Waals surface area contributed by atoms with E-state index in [9.17, 15) is 31.2 Å². The Morgan fingerprint density at radius 1 is 1.29 bits per heavy atom. The van der Waals surface area contributed by atoms with Gasteiger partial charge in [0.25, 0.3) is 0 Å². The first-order chi connectivity index (χ1) is 15.9. The zero-order chi connectivity index (χ0) is 25.0. The summed E-state index contributed by atoms with van der Waals surface area (Å²) in [6.07, 6.45) is -3.93. The van der Waals surface area contributed by atoms with Crippen molar-refractivity contribution in [2.75, 3.05) is 49.1 Å². The van der Waals surface area contributed by atoms with Crippen molar-refractivity contribution >= 4 is 65.4 Å². The second kappa shape index (κ2) is 11.2. The maximum absolute atomic E-state index is 14.9. The summed E-state index contributed by atoms with van der Waals surface area (Å²) < 4.78 is 78.7. The number of hydrogen-bond acceptors (Lipinski definition) is 8. The molecule has 34 heavy (non-hydrogen) atoms. The Hall–Kier alpha value is -1.93. The van der Waals surface area contributed by atoms with Gasteiger partial charge in [0, 0.05) is 0 Å². The number of piperazine rings is 1. The number of cyclic esters (lactones) is 1. The van der Waals surface area contributed by atoms with Crippen molar-refractivity contribution in [3.63, 3.8) is 0 Å². The Kier molecular flexibility index (Phi) is 8.79. The zero-order valence-corrected chi connectivity index (χ0v) is 21.3. The summed E-state index contributed by atoms with van der Waals surface area (Å²) in [4.78, 5) is 28.4. The molecular formula is C18H21AsF3N3O7S2. The number of benzene rings is 1. The summed E-state index contributed by atoms with van der Waals surface area (Å²) in [6, 6.07) is 4.21. The molecule has 2 amide bonds. The number of nitrogens with zero attached hydrogens (tertiary/aromatic N) is 3. The van der Waals surface area contributed by atoms with Gasteiger partial charge in [0.05, 0.1) is 0 Å². The third-order valence-electron chi connectivity index (χ3n) is 5.12. The molecule has 16 heteroatoms. The Bertz CT molecular complexity index is 1060. The number of anilines is 2. The summed E-state index contributed by atoms with van der Waals surface area (Å²) >= 11 is 3.38. The first-order valence-corrected chi connectivity index (χ1v) is 14.2. The van der Waals surface area contributed by atoms with Crippen LogP contribution in [-0.4, -0.2) is 101 Å². The van der Waals surface area contributed by atoms with Crippen molar-refractivity contribution < 1.29 is 44.7 Å². The molecule has 2 heterocycles. The van der Waals surface area contributed by atoms with Crippen LogP contribution in [0.4, 0.5) is 29.3 Å². The second-order valence-corrected chi connectivity index (χ2v) is 12.4. The van der Waals surface area contributed by atoms with Gasteiger partial charge >= 0.3 is 171 Å². The summed E-state index contributed by atoms with van der Waals surface area (Å²) in [6.45, 7) is 0.161. The van der Waals surface area contributed by atoms with Crippen molar-refractivity contribution in [1.29, 1.82) is 0 Å². The third kappa shape index (κ3) is 7.04. The van der Waals surface area contributed by atoms with E-state index in [-0.39, 0.29) is 53.0 Å². The number of alkyl halides is 2. The molecule has 1 N–H and O–H groups in total. The predicted octanol–water partition coefficient (Wildman–Crippen LogP) is 1.07. The molecule has 10 nitrogen and oxygen atoms in total. The fraction of sp³-hybridized carbons (Fsp3) is 0.500. The molecule has 2 atom stereocenters. The van der Waals surface area contributed by atoms with Crippen LogP contribution in [0.25, 0.3) is 0 Å². The van der Waals surface area contributed by atoms with E-state index in [1.165, 1.54) is 21.9 Å². The first kappa shape index (κ1) is 26.7. The number of halogens is 3. The molecule has 0 spiro atoms. The van der Waals surface area contributed by atoms with Crippen LogP contribution in [0.5, 0.6) is 0 Å². The molecule has 0 radical (unpaired) electrons. The van der Waals surface area contributed by atoms with Crippen LogP contribution in [0, 0.1) is 5.82 Å². The van der Waals surface area contributed by atoms with Crippen molar-refractivity contribution in [1.82, 2.24) is 4.90 Å². The SMILES string of the molecule is O=C(COS(=O)(=O)O)N1CCN(c2ccc(N3C[C@@H](C[AsH]C(=S)C(F)F)OC3=O)cc2F)CC1. The molecule has 0 aliphatic carbocycles. The molecule has 2 saturated heterocycles. The standard InChI is InChI=1S/C18H21AsF3N3O7S2/c20-13-7-11(25-9-12(32-18(25)27)8-19-16(33)17(21)22)1-2-14(13)23-3-5-24(6-4-23)15(26)10-31-34(28,29)30/h1-2,7,12,17,19H,3-6,8-10H2,(H,28,29,30)/t12-/m1/s1. The van der Waals surface area contributed by atoms with E-state index in [1.807, 2.05) is 0 Å². The number of carbonyl (C=O) groups is 2. The average molecular weight is 587 g/mol. The van der Waals surface area contributed by atoms with Crippen LogP contribution >= 0.6 is 12.2 Å². The van der Waals surface area contributed by atoms with E-state index in [0.717, 1.165) is 0 Å². The molecular weight excluding hydrogens is 566 g/mol. The Morgan fingerprint density at radius 3 is 2.56 bits per heavy atom. The zero-order valence-electron chi connectivity index (χ0n) is 17.5. The molecule has 2 aliphatic heterocycles. The normalized spacial score (nSPS) is 19.4. The molecule has 1 aromatic rings. The molecule has 3 rings (SSSR count). The van der Waals surface area contributed by atoms with E-state index in [1.54, 1.807) is 11.0 Å². The molecule has 0 aromatic heterocycles. The van der Waals surface area contributed by atoms with E-state index < -0.39 is 63.1 Å². The van der Waals surface area contributed by atoms with Crippen LogP contribution in [0.15, 0.2) is 18.2 Å². The molecule has 1 aromatic carbocycles. The van der Waals surface area contributed by atoms with Crippen LogP contribution in [-0.2, 0) is 24.1 Å². The maximum atomic E-state index is 14.9.